The summed E-state index contributed by atoms with van der Waals surface area (Å²) in [5.74, 6) is 0.561. The van der Waals surface area contributed by atoms with E-state index < -0.39 is 0 Å². The molecule has 142 valence electrons. The minimum absolute atomic E-state index is 0.00417. The molecule has 0 bridgehead atoms. The standard InChI is InChI=1S/C19H21ClN4O2S/c1-3-24(12-18(25)23(2)10-13-8-9-16(20)27-13)11-17-21-15-7-5-4-6-14(15)19(26)22-17/h4-9H,3,10-12H2,1-2H3,(H,21,22,26). The lowest BCUT2D eigenvalue weighted by molar-refractivity contribution is -0.131. The Hall–Kier alpha value is -2.22. The second-order valence-corrected chi connectivity index (χ2v) is 8.09. The van der Waals surface area contributed by atoms with Gasteiger partial charge in [-0.05, 0) is 30.8 Å². The minimum Gasteiger partial charge on any atom is -0.340 e. The van der Waals surface area contributed by atoms with Gasteiger partial charge in [0.2, 0.25) is 5.91 Å². The van der Waals surface area contributed by atoms with Crippen LogP contribution < -0.4 is 5.56 Å². The number of fused-ring (bicyclic) bond motifs is 1. The largest absolute Gasteiger partial charge is 0.340 e. The third-order valence-electron chi connectivity index (χ3n) is 4.29. The molecule has 1 aromatic carbocycles. The molecule has 0 fully saturated rings. The SMILES string of the molecule is CCN(CC(=O)N(C)Cc1ccc(Cl)s1)Cc1nc2ccccc2c(=O)[nH]1. The number of carbonyl (C=O) groups is 1. The van der Waals surface area contributed by atoms with Crippen LogP contribution in [0.25, 0.3) is 10.9 Å². The van der Waals surface area contributed by atoms with E-state index in [0.717, 1.165) is 4.88 Å². The van der Waals surface area contributed by atoms with Gasteiger partial charge >= 0.3 is 0 Å². The quantitative estimate of drug-likeness (QED) is 0.656. The maximum Gasteiger partial charge on any atom is 0.258 e. The van der Waals surface area contributed by atoms with Crippen LogP contribution in [0.1, 0.15) is 17.6 Å². The van der Waals surface area contributed by atoms with Gasteiger partial charge in [-0.25, -0.2) is 4.98 Å². The summed E-state index contributed by atoms with van der Waals surface area (Å²) < 4.78 is 0.715. The van der Waals surface area contributed by atoms with Gasteiger partial charge in [0.15, 0.2) is 0 Å². The molecule has 0 atom stereocenters. The van der Waals surface area contributed by atoms with Crippen LogP contribution in [-0.4, -0.2) is 45.8 Å². The Kier molecular flexibility index (Phi) is 6.26. The van der Waals surface area contributed by atoms with Gasteiger partial charge in [0, 0.05) is 11.9 Å². The number of carbonyl (C=O) groups excluding carboxylic acids is 1. The average molecular weight is 405 g/mol. The predicted octanol–water partition coefficient (Wildman–Crippen LogP) is 3.12. The number of thiophene rings is 1. The number of para-hydroxylation sites is 1. The fourth-order valence-corrected chi connectivity index (χ4v) is 3.91. The molecule has 3 aromatic rings. The number of aromatic nitrogens is 2. The smallest absolute Gasteiger partial charge is 0.258 e. The Morgan fingerprint density at radius 3 is 2.70 bits per heavy atom. The van der Waals surface area contributed by atoms with Crippen molar-refractivity contribution in [2.75, 3.05) is 20.1 Å². The molecule has 1 N–H and O–H groups in total. The Morgan fingerprint density at radius 2 is 2.00 bits per heavy atom. The maximum absolute atomic E-state index is 12.6. The number of amides is 1. The van der Waals surface area contributed by atoms with Crippen LogP contribution in [-0.2, 0) is 17.9 Å². The van der Waals surface area contributed by atoms with Crippen LogP contribution in [0, 0.1) is 0 Å². The van der Waals surface area contributed by atoms with E-state index >= 15 is 0 Å². The Morgan fingerprint density at radius 1 is 1.22 bits per heavy atom. The average Bonchev–Trinajstić information content (AvgIpc) is 3.05. The zero-order valence-electron chi connectivity index (χ0n) is 15.2. The highest BCUT2D eigenvalue weighted by Crippen LogP contribution is 2.22. The van der Waals surface area contributed by atoms with Crippen LogP contribution in [0.15, 0.2) is 41.2 Å². The first-order valence-corrected chi connectivity index (χ1v) is 9.84. The van der Waals surface area contributed by atoms with E-state index in [1.165, 1.54) is 11.3 Å². The normalized spacial score (nSPS) is 11.3. The van der Waals surface area contributed by atoms with Crippen molar-refractivity contribution in [3.05, 3.63) is 61.8 Å². The van der Waals surface area contributed by atoms with Crippen LogP contribution >= 0.6 is 22.9 Å². The maximum atomic E-state index is 12.6. The second-order valence-electron chi connectivity index (χ2n) is 6.29. The molecule has 27 heavy (non-hydrogen) atoms. The molecule has 0 saturated carbocycles. The molecule has 8 heteroatoms. The first-order chi connectivity index (χ1) is 13.0. The molecule has 0 unspecified atom stereocenters. The lowest BCUT2D eigenvalue weighted by Crippen LogP contribution is -2.38. The van der Waals surface area contributed by atoms with Crippen molar-refractivity contribution >= 4 is 39.7 Å². The molecule has 1 amide bonds. The van der Waals surface area contributed by atoms with Gasteiger partial charge in [-0.15, -0.1) is 11.3 Å². The van der Waals surface area contributed by atoms with Crippen molar-refractivity contribution in [3.63, 3.8) is 0 Å². The summed E-state index contributed by atoms with van der Waals surface area (Å²) in [5.41, 5.74) is 0.495. The molecule has 0 aliphatic carbocycles. The van der Waals surface area contributed by atoms with Crippen LogP contribution in [0.2, 0.25) is 4.34 Å². The molecule has 3 rings (SSSR count). The summed E-state index contributed by atoms with van der Waals surface area (Å²) in [4.78, 5) is 36.8. The van der Waals surface area contributed by atoms with E-state index in [1.54, 1.807) is 18.0 Å². The molecular formula is C19H21ClN4O2S. The number of nitrogens with one attached hydrogen (secondary N) is 1. The molecule has 0 saturated heterocycles. The summed E-state index contributed by atoms with van der Waals surface area (Å²) in [6, 6.07) is 11.0. The molecule has 0 radical (unpaired) electrons. The van der Waals surface area contributed by atoms with E-state index in [1.807, 2.05) is 42.2 Å². The summed E-state index contributed by atoms with van der Waals surface area (Å²) >= 11 is 7.42. The first kappa shape index (κ1) is 19.5. The first-order valence-electron chi connectivity index (χ1n) is 8.64. The Labute approximate surface area is 166 Å². The molecule has 0 spiro atoms. The third kappa shape index (κ3) is 4.94. The molecular weight excluding hydrogens is 384 g/mol. The number of hydrogen-bond acceptors (Lipinski definition) is 5. The topological polar surface area (TPSA) is 69.3 Å². The van der Waals surface area contributed by atoms with Gasteiger partial charge in [-0.3, -0.25) is 14.5 Å². The van der Waals surface area contributed by atoms with Crippen molar-refractivity contribution in [2.24, 2.45) is 0 Å². The third-order valence-corrected chi connectivity index (χ3v) is 5.50. The Balaban J connectivity index is 1.66. The van der Waals surface area contributed by atoms with Gasteiger partial charge in [0.1, 0.15) is 5.82 Å². The number of rotatable bonds is 7. The fraction of sp³-hybridized carbons (Fsp3) is 0.316. The zero-order valence-corrected chi connectivity index (χ0v) is 16.8. The van der Waals surface area contributed by atoms with Crippen molar-refractivity contribution in [2.45, 2.75) is 20.0 Å². The van der Waals surface area contributed by atoms with E-state index in [9.17, 15) is 9.59 Å². The highest BCUT2D eigenvalue weighted by atomic mass is 35.5. The number of likely N-dealkylation sites (N-methyl/N-ethyl adjacent to an activating group) is 2. The number of H-pyrrole nitrogens is 1. The van der Waals surface area contributed by atoms with Gasteiger partial charge < -0.3 is 9.88 Å². The van der Waals surface area contributed by atoms with E-state index in [0.29, 0.717) is 40.7 Å². The lowest BCUT2D eigenvalue weighted by Gasteiger charge is -2.23. The lowest BCUT2D eigenvalue weighted by atomic mass is 10.2. The summed E-state index contributed by atoms with van der Waals surface area (Å²) in [6.07, 6.45) is 0. The number of aromatic amines is 1. The van der Waals surface area contributed by atoms with E-state index in [2.05, 4.69) is 9.97 Å². The van der Waals surface area contributed by atoms with Crippen molar-refractivity contribution in [1.29, 1.82) is 0 Å². The van der Waals surface area contributed by atoms with Crippen LogP contribution in [0.5, 0.6) is 0 Å². The van der Waals surface area contributed by atoms with Gasteiger partial charge in [-0.1, -0.05) is 30.7 Å². The number of halogens is 1. The second kappa shape index (κ2) is 8.65. The van der Waals surface area contributed by atoms with Gasteiger partial charge in [-0.2, -0.15) is 0 Å². The van der Waals surface area contributed by atoms with Gasteiger partial charge in [0.05, 0.1) is 34.9 Å². The summed E-state index contributed by atoms with van der Waals surface area (Å²) in [5, 5.41) is 0.565. The molecule has 0 aliphatic rings. The number of benzene rings is 1. The number of nitrogens with zero attached hydrogens (tertiary/aromatic N) is 3. The van der Waals surface area contributed by atoms with E-state index in [4.69, 9.17) is 11.6 Å². The van der Waals surface area contributed by atoms with Crippen molar-refractivity contribution in [3.8, 4) is 0 Å². The fourth-order valence-electron chi connectivity index (χ4n) is 2.77. The zero-order chi connectivity index (χ0) is 19.4. The molecule has 6 nitrogen and oxygen atoms in total. The highest BCUT2D eigenvalue weighted by Gasteiger charge is 2.16. The monoisotopic (exact) mass is 404 g/mol. The predicted molar refractivity (Wildman–Crippen MR) is 109 cm³/mol. The van der Waals surface area contributed by atoms with E-state index in [-0.39, 0.29) is 18.0 Å². The molecule has 2 heterocycles. The minimum atomic E-state index is -0.162. The highest BCUT2D eigenvalue weighted by molar-refractivity contribution is 7.16. The summed E-state index contributed by atoms with van der Waals surface area (Å²) in [7, 11) is 1.78. The van der Waals surface area contributed by atoms with Crippen LogP contribution in [0.3, 0.4) is 0 Å². The van der Waals surface area contributed by atoms with Crippen LogP contribution in [0.4, 0.5) is 0 Å². The summed E-state index contributed by atoms with van der Waals surface area (Å²) in [6.45, 7) is 3.83. The number of hydrogen-bond donors (Lipinski definition) is 1. The molecule has 0 aliphatic heterocycles. The Bertz CT molecular complexity index is 1000. The van der Waals surface area contributed by atoms with Gasteiger partial charge in [0.25, 0.3) is 5.56 Å². The van der Waals surface area contributed by atoms with Crippen molar-refractivity contribution < 1.29 is 4.79 Å². The molecule has 2 aromatic heterocycles. The van der Waals surface area contributed by atoms with Crippen molar-refractivity contribution in [1.82, 2.24) is 19.8 Å².